The van der Waals surface area contributed by atoms with Crippen LogP contribution in [0.3, 0.4) is 0 Å². The minimum atomic E-state index is -4.01. The molecule has 1 saturated heterocycles. The molecule has 19 heavy (non-hydrogen) atoms. The van der Waals surface area contributed by atoms with Gasteiger partial charge in [-0.2, -0.15) is 13.2 Å². The molecule has 0 aliphatic carbocycles. The smallest absolute Gasteiger partial charge is 0.317 e. The topological polar surface area (TPSA) is 15.3 Å². The Labute approximate surface area is 114 Å². The van der Waals surface area contributed by atoms with E-state index in [0.29, 0.717) is 12.3 Å². The van der Waals surface area contributed by atoms with Gasteiger partial charge in [0.15, 0.2) is 0 Å². The van der Waals surface area contributed by atoms with Crippen molar-refractivity contribution in [3.05, 3.63) is 0 Å². The maximum absolute atomic E-state index is 12.1. The van der Waals surface area contributed by atoms with Crippen molar-refractivity contribution in [1.29, 1.82) is 0 Å². The van der Waals surface area contributed by atoms with Crippen LogP contribution in [0.4, 0.5) is 13.2 Å². The monoisotopic (exact) mass is 280 g/mol. The molecule has 0 amide bonds. The zero-order valence-corrected chi connectivity index (χ0v) is 12.1. The van der Waals surface area contributed by atoms with Crippen molar-refractivity contribution in [3.63, 3.8) is 0 Å². The quantitative estimate of drug-likeness (QED) is 0.768. The second-order valence-electron chi connectivity index (χ2n) is 5.64. The summed E-state index contributed by atoms with van der Waals surface area (Å²) in [5.74, 6) is 0.700. The van der Waals surface area contributed by atoms with E-state index in [0.717, 1.165) is 26.2 Å². The number of hydrogen-bond acceptors (Lipinski definition) is 2. The maximum Gasteiger partial charge on any atom is 0.389 e. The zero-order chi connectivity index (χ0) is 14.3. The normalized spacial score (nSPS) is 19.9. The molecule has 5 heteroatoms. The molecular formula is C14H27F3N2. The van der Waals surface area contributed by atoms with Gasteiger partial charge in [0.25, 0.3) is 0 Å². The lowest BCUT2D eigenvalue weighted by Crippen LogP contribution is -2.40. The number of nitrogens with one attached hydrogen (secondary N) is 1. The van der Waals surface area contributed by atoms with Crippen LogP contribution in [0.1, 0.15) is 46.0 Å². The molecule has 1 heterocycles. The molecule has 0 aromatic carbocycles. The number of nitrogens with zero attached hydrogens (tertiary/aromatic N) is 1. The highest BCUT2D eigenvalue weighted by Crippen LogP contribution is 2.24. The number of hydrogen-bond donors (Lipinski definition) is 1. The molecule has 2 nitrogen and oxygen atoms in total. The van der Waals surface area contributed by atoms with Crippen molar-refractivity contribution in [3.8, 4) is 0 Å². The summed E-state index contributed by atoms with van der Waals surface area (Å²) in [4.78, 5) is 2.34. The molecule has 1 N–H and O–H groups in total. The van der Waals surface area contributed by atoms with Crippen molar-refractivity contribution in [2.45, 2.75) is 58.2 Å². The molecule has 114 valence electrons. The Kier molecular flexibility index (Phi) is 7.15. The summed E-state index contributed by atoms with van der Waals surface area (Å²) in [6, 6.07) is 0.252. The van der Waals surface area contributed by atoms with Crippen LogP contribution in [0.15, 0.2) is 0 Å². The molecule has 1 fully saturated rings. The van der Waals surface area contributed by atoms with Gasteiger partial charge in [-0.15, -0.1) is 0 Å². The predicted molar refractivity (Wildman–Crippen MR) is 72.2 cm³/mol. The van der Waals surface area contributed by atoms with E-state index in [1.807, 2.05) is 0 Å². The maximum atomic E-state index is 12.1. The molecule has 0 spiro atoms. The average molecular weight is 280 g/mol. The summed E-state index contributed by atoms with van der Waals surface area (Å²) in [6.07, 6.45) is -1.41. The summed E-state index contributed by atoms with van der Waals surface area (Å²) in [6.45, 7) is 8.26. The molecular weight excluding hydrogens is 253 g/mol. The molecule has 1 rings (SSSR count). The minimum absolute atomic E-state index is 0.243. The highest BCUT2D eigenvalue weighted by Gasteiger charge is 2.27. The van der Waals surface area contributed by atoms with Crippen LogP contribution < -0.4 is 5.32 Å². The third-order valence-corrected chi connectivity index (χ3v) is 4.06. The fourth-order valence-corrected chi connectivity index (χ4v) is 2.80. The lowest BCUT2D eigenvalue weighted by molar-refractivity contribution is -0.136. The molecule has 0 aromatic heterocycles. The molecule has 0 saturated carbocycles. The van der Waals surface area contributed by atoms with Gasteiger partial charge in [0.05, 0.1) is 0 Å². The highest BCUT2D eigenvalue weighted by atomic mass is 19.4. The fourth-order valence-electron chi connectivity index (χ4n) is 2.80. The summed E-state index contributed by atoms with van der Waals surface area (Å²) in [5.41, 5.74) is 0. The number of alkyl halides is 3. The number of piperidine rings is 1. The molecule has 0 radical (unpaired) electrons. The van der Waals surface area contributed by atoms with E-state index in [4.69, 9.17) is 0 Å². The Bertz CT molecular complexity index is 237. The first-order chi connectivity index (χ1) is 8.92. The van der Waals surface area contributed by atoms with E-state index in [9.17, 15) is 13.2 Å². The Balaban J connectivity index is 2.27. The lowest BCUT2D eigenvalue weighted by atomic mass is 9.96. The third kappa shape index (κ3) is 7.16. The van der Waals surface area contributed by atoms with Crippen LogP contribution >= 0.6 is 0 Å². The van der Waals surface area contributed by atoms with Crippen LogP contribution in [0.2, 0.25) is 0 Å². The second kappa shape index (κ2) is 8.10. The highest BCUT2D eigenvalue weighted by molar-refractivity contribution is 4.75. The fraction of sp³-hybridized carbons (Fsp3) is 1.00. The summed E-state index contributed by atoms with van der Waals surface area (Å²) in [5, 5.41) is 3.34. The van der Waals surface area contributed by atoms with Crippen LogP contribution in [0.25, 0.3) is 0 Å². The first-order valence-corrected chi connectivity index (χ1v) is 7.44. The van der Waals surface area contributed by atoms with Gasteiger partial charge in [-0.3, -0.25) is 0 Å². The summed E-state index contributed by atoms with van der Waals surface area (Å²) in [7, 11) is 0. The van der Waals surface area contributed by atoms with E-state index in [1.54, 1.807) is 0 Å². The molecule has 1 aliphatic rings. The van der Waals surface area contributed by atoms with Gasteiger partial charge < -0.3 is 10.2 Å². The third-order valence-electron chi connectivity index (χ3n) is 4.06. The van der Waals surface area contributed by atoms with Gasteiger partial charge in [-0.1, -0.05) is 6.92 Å². The molecule has 1 unspecified atom stereocenters. The van der Waals surface area contributed by atoms with Crippen molar-refractivity contribution in [1.82, 2.24) is 10.2 Å². The van der Waals surface area contributed by atoms with E-state index in [2.05, 4.69) is 24.1 Å². The van der Waals surface area contributed by atoms with Gasteiger partial charge >= 0.3 is 6.18 Å². The van der Waals surface area contributed by atoms with Crippen LogP contribution in [0.5, 0.6) is 0 Å². The van der Waals surface area contributed by atoms with Crippen molar-refractivity contribution >= 4 is 0 Å². The van der Waals surface area contributed by atoms with Crippen LogP contribution in [0, 0.1) is 5.92 Å². The summed E-state index contributed by atoms with van der Waals surface area (Å²) >= 11 is 0. The Morgan fingerprint density at radius 1 is 1.26 bits per heavy atom. The van der Waals surface area contributed by atoms with Crippen molar-refractivity contribution in [2.75, 3.05) is 26.2 Å². The molecule has 1 atom stereocenters. The lowest BCUT2D eigenvalue weighted by Gasteiger charge is -2.33. The Morgan fingerprint density at radius 3 is 2.42 bits per heavy atom. The summed E-state index contributed by atoms with van der Waals surface area (Å²) < 4.78 is 36.4. The second-order valence-corrected chi connectivity index (χ2v) is 5.64. The first-order valence-electron chi connectivity index (χ1n) is 7.44. The van der Waals surface area contributed by atoms with Crippen LogP contribution in [-0.4, -0.2) is 43.3 Å². The first kappa shape index (κ1) is 16.8. The number of rotatable bonds is 7. The van der Waals surface area contributed by atoms with Gasteiger partial charge in [0.2, 0.25) is 0 Å². The van der Waals surface area contributed by atoms with Crippen LogP contribution in [-0.2, 0) is 0 Å². The standard InChI is InChI=1S/C14H27F3N2/c1-3-19(11-13-6-9-18-10-7-13)12(2)5-4-8-14(15,16)17/h12-13,18H,3-11H2,1-2H3. The van der Waals surface area contributed by atoms with Gasteiger partial charge in [-0.05, 0) is 58.2 Å². The van der Waals surface area contributed by atoms with E-state index in [-0.39, 0.29) is 12.5 Å². The van der Waals surface area contributed by atoms with Gasteiger partial charge in [0, 0.05) is 19.0 Å². The van der Waals surface area contributed by atoms with Gasteiger partial charge in [-0.25, -0.2) is 0 Å². The van der Waals surface area contributed by atoms with E-state index in [1.165, 1.54) is 12.8 Å². The van der Waals surface area contributed by atoms with Crippen molar-refractivity contribution in [2.24, 2.45) is 5.92 Å². The van der Waals surface area contributed by atoms with E-state index >= 15 is 0 Å². The van der Waals surface area contributed by atoms with Gasteiger partial charge in [0.1, 0.15) is 0 Å². The molecule has 0 aromatic rings. The minimum Gasteiger partial charge on any atom is -0.317 e. The average Bonchev–Trinajstić information content (AvgIpc) is 2.35. The largest absolute Gasteiger partial charge is 0.389 e. The number of halogens is 3. The zero-order valence-electron chi connectivity index (χ0n) is 12.1. The van der Waals surface area contributed by atoms with E-state index < -0.39 is 12.6 Å². The SMILES string of the molecule is CCN(CC1CCNCC1)C(C)CCCC(F)(F)F. The molecule has 1 aliphatic heterocycles. The molecule has 0 bridgehead atoms. The predicted octanol–water partition coefficient (Wildman–Crippen LogP) is 3.43. The van der Waals surface area contributed by atoms with Crippen molar-refractivity contribution < 1.29 is 13.2 Å². The Hall–Kier alpha value is -0.290. The Morgan fingerprint density at radius 2 is 1.89 bits per heavy atom.